The molecular weight excluding hydrogens is 422 g/mol. The lowest BCUT2D eigenvalue weighted by Gasteiger charge is -2.31. The minimum atomic E-state index is -4.85. The zero-order valence-corrected chi connectivity index (χ0v) is 16.6. The Labute approximate surface area is 173 Å². The molecule has 164 valence electrons. The van der Waals surface area contributed by atoms with Crippen LogP contribution in [-0.2, 0) is 6.42 Å². The molecule has 2 heterocycles. The van der Waals surface area contributed by atoms with Gasteiger partial charge in [0.05, 0.1) is 12.6 Å². The molecule has 0 spiro atoms. The molecule has 0 saturated carbocycles. The number of aromatic amines is 1. The third kappa shape index (κ3) is 3.41. The Morgan fingerprint density at radius 2 is 1.68 bits per heavy atom. The summed E-state index contributed by atoms with van der Waals surface area (Å²) >= 11 is 0. The van der Waals surface area contributed by atoms with Crippen molar-refractivity contribution in [3.05, 3.63) is 51.8 Å². The minimum absolute atomic E-state index is 0.0145. The highest BCUT2D eigenvalue weighted by molar-refractivity contribution is 5.83. The zero-order valence-electron chi connectivity index (χ0n) is 16.6. The minimum Gasteiger partial charge on any atom is -0.493 e. The largest absolute Gasteiger partial charge is 0.507 e. The number of aromatic nitrogens is 1. The Bertz CT molecular complexity index is 1240. The number of pyridine rings is 1. The lowest BCUT2D eigenvalue weighted by molar-refractivity contribution is -0.391. The van der Waals surface area contributed by atoms with Crippen molar-refractivity contribution < 1.29 is 36.5 Å². The summed E-state index contributed by atoms with van der Waals surface area (Å²) in [6.07, 6.45) is -9.01. The lowest BCUT2D eigenvalue weighted by Crippen LogP contribution is -2.52. The number of methoxy groups -OCH3 is 1. The summed E-state index contributed by atoms with van der Waals surface area (Å²) in [6, 6.07) is 6.28. The van der Waals surface area contributed by atoms with E-state index in [9.17, 15) is 22.4 Å². The molecule has 1 aliphatic rings. The zero-order chi connectivity index (χ0) is 22.6. The van der Waals surface area contributed by atoms with Crippen LogP contribution >= 0.6 is 0 Å². The highest BCUT2D eigenvalue weighted by atomic mass is 19.3. The predicted octanol–water partition coefficient (Wildman–Crippen LogP) is 5.16. The molecule has 10 heteroatoms. The second-order valence-electron chi connectivity index (χ2n) is 6.91. The first-order chi connectivity index (χ1) is 14.6. The van der Waals surface area contributed by atoms with Gasteiger partial charge in [-0.25, -0.2) is 0 Å². The van der Waals surface area contributed by atoms with E-state index in [1.165, 1.54) is 19.2 Å². The number of H-pyrrole nitrogens is 1. The van der Waals surface area contributed by atoms with E-state index in [1.54, 1.807) is 13.0 Å². The van der Waals surface area contributed by atoms with Crippen LogP contribution in [0.4, 0.5) is 17.6 Å². The molecule has 1 aliphatic heterocycles. The molecule has 0 amide bonds. The van der Waals surface area contributed by atoms with Crippen LogP contribution in [0, 0.1) is 6.92 Å². The standard InChI is InChI=1S/C21H17F4NO5/c1-4-13-10(2)19(27)12-8-17(16(28-3)9-14(12)26-13)29-11-5-6-15-18(7-11)31-21(24,25)20(22,23)30-15/h5-9H,4H2,1-3H3,(H,26,27). The van der Waals surface area contributed by atoms with Gasteiger partial charge in [-0.05, 0) is 31.5 Å². The van der Waals surface area contributed by atoms with Crippen LogP contribution in [0.15, 0.2) is 35.1 Å². The van der Waals surface area contributed by atoms with Crippen molar-refractivity contribution in [2.24, 2.45) is 0 Å². The number of nitrogens with one attached hydrogen (secondary N) is 1. The number of fused-ring (bicyclic) bond motifs is 2. The number of rotatable bonds is 4. The Kier molecular flexibility index (Phi) is 4.75. The monoisotopic (exact) mass is 439 g/mol. The first kappa shape index (κ1) is 20.8. The van der Waals surface area contributed by atoms with Gasteiger partial charge in [0.25, 0.3) is 0 Å². The van der Waals surface area contributed by atoms with Gasteiger partial charge in [-0.2, -0.15) is 17.6 Å². The van der Waals surface area contributed by atoms with E-state index in [1.807, 2.05) is 6.92 Å². The van der Waals surface area contributed by atoms with Crippen LogP contribution < -0.4 is 24.4 Å². The fourth-order valence-electron chi connectivity index (χ4n) is 3.28. The molecule has 0 atom stereocenters. The lowest BCUT2D eigenvalue weighted by atomic mass is 10.1. The third-order valence-electron chi connectivity index (χ3n) is 4.94. The van der Waals surface area contributed by atoms with Crippen molar-refractivity contribution in [2.45, 2.75) is 32.5 Å². The van der Waals surface area contributed by atoms with Crippen LogP contribution in [0.25, 0.3) is 10.9 Å². The highest BCUT2D eigenvalue weighted by Crippen LogP contribution is 2.48. The van der Waals surface area contributed by atoms with Gasteiger partial charge < -0.3 is 23.9 Å². The Balaban J connectivity index is 1.75. The van der Waals surface area contributed by atoms with Crippen molar-refractivity contribution in [2.75, 3.05) is 7.11 Å². The van der Waals surface area contributed by atoms with E-state index in [0.29, 0.717) is 22.9 Å². The van der Waals surface area contributed by atoms with E-state index >= 15 is 0 Å². The van der Waals surface area contributed by atoms with Crippen LogP contribution in [-0.4, -0.2) is 24.3 Å². The van der Waals surface area contributed by atoms with Gasteiger partial charge in [0, 0.05) is 28.8 Å². The fourth-order valence-corrected chi connectivity index (χ4v) is 3.28. The van der Waals surface area contributed by atoms with Gasteiger partial charge >= 0.3 is 12.2 Å². The molecule has 31 heavy (non-hydrogen) atoms. The molecule has 6 nitrogen and oxygen atoms in total. The van der Waals surface area contributed by atoms with E-state index in [4.69, 9.17) is 9.47 Å². The maximum absolute atomic E-state index is 13.5. The van der Waals surface area contributed by atoms with E-state index in [2.05, 4.69) is 14.5 Å². The van der Waals surface area contributed by atoms with Crippen molar-refractivity contribution in [3.8, 4) is 28.7 Å². The van der Waals surface area contributed by atoms with Gasteiger partial charge in [-0.3, -0.25) is 4.79 Å². The van der Waals surface area contributed by atoms with E-state index in [0.717, 1.165) is 17.8 Å². The highest BCUT2D eigenvalue weighted by Gasteiger charge is 2.65. The van der Waals surface area contributed by atoms with Gasteiger partial charge in [-0.1, -0.05) is 6.92 Å². The first-order valence-corrected chi connectivity index (χ1v) is 9.25. The van der Waals surface area contributed by atoms with Crippen molar-refractivity contribution in [1.29, 1.82) is 0 Å². The molecule has 0 bridgehead atoms. The maximum Gasteiger partial charge on any atom is 0.507 e. The van der Waals surface area contributed by atoms with E-state index < -0.39 is 23.7 Å². The number of hydrogen-bond donors (Lipinski definition) is 1. The molecule has 4 rings (SSSR count). The summed E-state index contributed by atoms with van der Waals surface area (Å²) in [5.74, 6) is -0.805. The molecule has 0 fully saturated rings. The summed E-state index contributed by atoms with van der Waals surface area (Å²) in [7, 11) is 1.40. The van der Waals surface area contributed by atoms with Gasteiger partial charge in [0.2, 0.25) is 0 Å². The summed E-state index contributed by atoms with van der Waals surface area (Å²) in [5.41, 5.74) is 1.70. The summed E-state index contributed by atoms with van der Waals surface area (Å²) in [6.45, 7) is 3.62. The summed E-state index contributed by atoms with van der Waals surface area (Å²) in [4.78, 5) is 15.9. The molecule has 0 unspecified atom stereocenters. The Hall–Kier alpha value is -3.43. The first-order valence-electron chi connectivity index (χ1n) is 9.25. The van der Waals surface area contributed by atoms with Crippen molar-refractivity contribution >= 4 is 10.9 Å². The van der Waals surface area contributed by atoms with Crippen molar-refractivity contribution in [1.82, 2.24) is 4.98 Å². The third-order valence-corrected chi connectivity index (χ3v) is 4.94. The molecule has 0 radical (unpaired) electrons. The predicted molar refractivity (Wildman–Crippen MR) is 103 cm³/mol. The number of aryl methyl sites for hydroxylation is 1. The molecule has 1 N–H and O–H groups in total. The smallest absolute Gasteiger partial charge is 0.493 e. The molecule has 1 aromatic heterocycles. The maximum atomic E-state index is 13.5. The quantitative estimate of drug-likeness (QED) is 0.569. The number of ether oxygens (including phenoxy) is 4. The topological polar surface area (TPSA) is 69.8 Å². The second-order valence-corrected chi connectivity index (χ2v) is 6.91. The average Bonchev–Trinajstić information content (AvgIpc) is 2.71. The van der Waals surface area contributed by atoms with Crippen LogP contribution in [0.5, 0.6) is 28.7 Å². The molecule has 3 aromatic rings. The van der Waals surface area contributed by atoms with E-state index in [-0.39, 0.29) is 22.7 Å². The average molecular weight is 439 g/mol. The molecule has 2 aromatic carbocycles. The van der Waals surface area contributed by atoms with Crippen LogP contribution in [0.2, 0.25) is 0 Å². The SMILES string of the molecule is CCc1[nH]c2cc(OC)c(Oc3ccc4c(c3)OC(F)(F)C(F)(F)O4)cc2c(=O)c1C. The van der Waals surface area contributed by atoms with Gasteiger partial charge in [0.1, 0.15) is 5.75 Å². The molecule has 0 saturated heterocycles. The number of hydrogen-bond acceptors (Lipinski definition) is 5. The number of halogens is 4. The van der Waals surface area contributed by atoms with Crippen LogP contribution in [0.3, 0.4) is 0 Å². The normalized spacial score (nSPS) is 16.2. The van der Waals surface area contributed by atoms with Crippen LogP contribution in [0.1, 0.15) is 18.2 Å². The Morgan fingerprint density at radius 3 is 2.32 bits per heavy atom. The fraction of sp³-hybridized carbons (Fsp3) is 0.286. The summed E-state index contributed by atoms with van der Waals surface area (Å²) in [5, 5.41) is 0.342. The summed E-state index contributed by atoms with van der Waals surface area (Å²) < 4.78 is 72.7. The number of benzene rings is 2. The Morgan fingerprint density at radius 1 is 1.00 bits per heavy atom. The molecular formula is C21H17F4NO5. The van der Waals surface area contributed by atoms with Crippen molar-refractivity contribution in [3.63, 3.8) is 0 Å². The molecule has 0 aliphatic carbocycles. The van der Waals surface area contributed by atoms with Gasteiger partial charge in [0.15, 0.2) is 28.4 Å². The second kappa shape index (κ2) is 7.07. The number of alkyl halides is 4. The van der Waals surface area contributed by atoms with Gasteiger partial charge in [-0.15, -0.1) is 0 Å².